The smallest absolute Gasteiger partial charge is 0.246 e. The highest BCUT2D eigenvalue weighted by Gasteiger charge is 2.36. The molecule has 0 bridgehead atoms. The van der Waals surface area contributed by atoms with Gasteiger partial charge in [-0.05, 0) is 68.6 Å². The maximum absolute atomic E-state index is 14.1. The minimum absolute atomic E-state index is 0.0417. The zero-order valence-corrected chi connectivity index (χ0v) is 19.2. The van der Waals surface area contributed by atoms with Crippen LogP contribution in [0.1, 0.15) is 25.7 Å². The summed E-state index contributed by atoms with van der Waals surface area (Å²) in [5.41, 5.74) is 1.20. The number of piperazine rings is 1. The van der Waals surface area contributed by atoms with E-state index in [2.05, 4.69) is 21.9 Å². The molecule has 31 heavy (non-hydrogen) atoms. The van der Waals surface area contributed by atoms with E-state index >= 15 is 0 Å². The van der Waals surface area contributed by atoms with Gasteiger partial charge in [-0.15, -0.1) is 0 Å². The molecule has 0 amide bonds. The molecule has 0 N–H and O–H groups in total. The van der Waals surface area contributed by atoms with E-state index in [0.717, 1.165) is 63.4 Å². The molecule has 0 radical (unpaired) electrons. The summed E-state index contributed by atoms with van der Waals surface area (Å²) in [6, 6.07) is 13.6. The summed E-state index contributed by atoms with van der Waals surface area (Å²) < 4.78 is 41.6. The lowest BCUT2D eigenvalue weighted by Gasteiger charge is -2.36. The zero-order valence-electron chi connectivity index (χ0n) is 17.6. The van der Waals surface area contributed by atoms with E-state index in [0.29, 0.717) is 6.54 Å². The molecule has 4 rings (SSSR count). The number of rotatable bonds is 7. The third kappa shape index (κ3) is 5.22. The molecule has 0 aromatic heterocycles. The Kier molecular flexibility index (Phi) is 7.16. The molecule has 2 aromatic rings. The lowest BCUT2D eigenvalue weighted by atomic mass is 10.1. The van der Waals surface area contributed by atoms with Gasteiger partial charge in [-0.1, -0.05) is 23.7 Å². The van der Waals surface area contributed by atoms with Crippen molar-refractivity contribution in [1.82, 2.24) is 9.21 Å². The van der Waals surface area contributed by atoms with Crippen LogP contribution in [0.4, 0.5) is 10.1 Å². The molecule has 2 aliphatic heterocycles. The van der Waals surface area contributed by atoms with Gasteiger partial charge in [0.15, 0.2) is 0 Å². The van der Waals surface area contributed by atoms with E-state index in [1.54, 1.807) is 6.07 Å². The molecule has 0 spiro atoms. The number of halogens is 2. The van der Waals surface area contributed by atoms with Crippen LogP contribution in [0.25, 0.3) is 0 Å². The SMILES string of the molecule is O=S(=O)(c1ccccc1F)N1CCC[C@@H]1CCCN1CCN(c2ccc(Cl)cc2)CC1. The number of hydrogen-bond acceptors (Lipinski definition) is 4. The van der Waals surface area contributed by atoms with E-state index in [1.165, 1.54) is 28.2 Å². The van der Waals surface area contributed by atoms with Crippen molar-refractivity contribution in [3.8, 4) is 0 Å². The molecule has 2 heterocycles. The number of hydrogen-bond donors (Lipinski definition) is 0. The van der Waals surface area contributed by atoms with Crippen LogP contribution in [-0.4, -0.2) is 62.9 Å². The van der Waals surface area contributed by atoms with E-state index in [9.17, 15) is 12.8 Å². The van der Waals surface area contributed by atoms with Gasteiger partial charge in [-0.2, -0.15) is 4.31 Å². The Morgan fingerprint density at radius 3 is 2.39 bits per heavy atom. The fourth-order valence-electron chi connectivity index (χ4n) is 4.63. The van der Waals surface area contributed by atoms with Gasteiger partial charge in [0.2, 0.25) is 10.0 Å². The topological polar surface area (TPSA) is 43.9 Å². The summed E-state index contributed by atoms with van der Waals surface area (Å²) in [6.45, 7) is 5.35. The third-order valence-corrected chi connectivity index (χ3v) is 8.56. The molecule has 5 nitrogen and oxygen atoms in total. The first-order valence-electron chi connectivity index (χ1n) is 10.9. The van der Waals surface area contributed by atoms with Crippen molar-refractivity contribution in [1.29, 1.82) is 0 Å². The molecule has 2 saturated heterocycles. The number of sulfonamides is 1. The predicted octanol–water partition coefficient (Wildman–Crippen LogP) is 4.23. The van der Waals surface area contributed by atoms with Gasteiger partial charge >= 0.3 is 0 Å². The molecule has 0 unspecified atom stereocenters. The van der Waals surface area contributed by atoms with Crippen LogP contribution in [0.5, 0.6) is 0 Å². The summed E-state index contributed by atoms with van der Waals surface area (Å²) in [4.78, 5) is 4.60. The van der Waals surface area contributed by atoms with Crippen LogP contribution >= 0.6 is 11.6 Å². The van der Waals surface area contributed by atoms with Crippen molar-refractivity contribution < 1.29 is 12.8 Å². The van der Waals surface area contributed by atoms with Gasteiger partial charge in [-0.3, -0.25) is 4.90 Å². The van der Waals surface area contributed by atoms with E-state index in [1.807, 2.05) is 12.1 Å². The van der Waals surface area contributed by atoms with Gasteiger partial charge in [0.25, 0.3) is 0 Å². The number of anilines is 1. The van der Waals surface area contributed by atoms with Crippen molar-refractivity contribution in [3.63, 3.8) is 0 Å². The van der Waals surface area contributed by atoms with Gasteiger partial charge in [0, 0.05) is 49.5 Å². The summed E-state index contributed by atoms with van der Waals surface area (Å²) in [7, 11) is -3.79. The highest BCUT2D eigenvalue weighted by atomic mass is 35.5. The molecule has 2 aliphatic rings. The number of benzene rings is 2. The minimum Gasteiger partial charge on any atom is -0.369 e. The highest BCUT2D eigenvalue weighted by molar-refractivity contribution is 7.89. The maximum atomic E-state index is 14.1. The molecule has 168 valence electrons. The van der Waals surface area contributed by atoms with Gasteiger partial charge in [0.1, 0.15) is 10.7 Å². The van der Waals surface area contributed by atoms with E-state index < -0.39 is 15.8 Å². The number of nitrogens with zero attached hydrogens (tertiary/aromatic N) is 3. The maximum Gasteiger partial charge on any atom is 0.246 e. The lowest BCUT2D eigenvalue weighted by molar-refractivity contribution is 0.243. The second-order valence-corrected chi connectivity index (χ2v) is 10.6. The fourth-order valence-corrected chi connectivity index (χ4v) is 6.54. The molecule has 1 atom stereocenters. The second kappa shape index (κ2) is 9.86. The average molecular weight is 466 g/mol. The minimum atomic E-state index is -3.79. The molecular formula is C23H29ClFN3O2S. The summed E-state index contributed by atoms with van der Waals surface area (Å²) >= 11 is 5.98. The largest absolute Gasteiger partial charge is 0.369 e. The highest BCUT2D eigenvalue weighted by Crippen LogP contribution is 2.30. The Labute approximate surface area is 189 Å². The molecule has 8 heteroatoms. The van der Waals surface area contributed by atoms with Crippen LogP contribution in [0.3, 0.4) is 0 Å². The zero-order chi connectivity index (χ0) is 21.8. The second-order valence-electron chi connectivity index (χ2n) is 8.29. The van der Waals surface area contributed by atoms with Crippen LogP contribution in [-0.2, 0) is 10.0 Å². The van der Waals surface area contributed by atoms with Crippen LogP contribution in [0.15, 0.2) is 53.4 Å². The van der Waals surface area contributed by atoms with Gasteiger partial charge in [-0.25, -0.2) is 12.8 Å². The Morgan fingerprint density at radius 2 is 1.68 bits per heavy atom. The summed E-state index contributed by atoms with van der Waals surface area (Å²) in [5.74, 6) is -0.674. The van der Waals surface area contributed by atoms with Crippen LogP contribution < -0.4 is 4.90 Å². The molecule has 0 saturated carbocycles. The molecule has 2 fully saturated rings. The van der Waals surface area contributed by atoms with Crippen LogP contribution in [0.2, 0.25) is 5.02 Å². The lowest BCUT2D eigenvalue weighted by Crippen LogP contribution is -2.46. The van der Waals surface area contributed by atoms with E-state index in [4.69, 9.17) is 11.6 Å². The van der Waals surface area contributed by atoms with Crippen molar-refractivity contribution in [2.75, 3.05) is 44.2 Å². The van der Waals surface area contributed by atoms with Crippen molar-refractivity contribution >= 4 is 27.3 Å². The quantitative estimate of drug-likeness (QED) is 0.613. The van der Waals surface area contributed by atoms with Gasteiger partial charge in [0.05, 0.1) is 0 Å². The molecular weight excluding hydrogens is 437 g/mol. The first-order chi connectivity index (χ1) is 14.9. The van der Waals surface area contributed by atoms with Crippen molar-refractivity contribution in [3.05, 3.63) is 59.4 Å². The van der Waals surface area contributed by atoms with E-state index in [-0.39, 0.29) is 10.9 Å². The molecule has 2 aromatic carbocycles. The summed E-state index contributed by atoms with van der Waals surface area (Å²) in [5, 5.41) is 0.750. The first kappa shape index (κ1) is 22.5. The monoisotopic (exact) mass is 465 g/mol. The fraction of sp³-hybridized carbons (Fsp3) is 0.478. The first-order valence-corrected chi connectivity index (χ1v) is 12.8. The molecule has 0 aliphatic carbocycles. The standard InChI is InChI=1S/C23H29ClFN3O2S/c24-19-9-11-20(12-10-19)27-17-15-26(16-18-27)13-3-5-21-6-4-14-28(21)31(29,30)23-8-2-1-7-22(23)25/h1-2,7-12,21H,3-6,13-18H2/t21-/m0/s1. The van der Waals surface area contributed by atoms with Crippen molar-refractivity contribution in [2.45, 2.75) is 36.6 Å². The average Bonchev–Trinajstić information content (AvgIpc) is 3.25. The predicted molar refractivity (Wildman–Crippen MR) is 123 cm³/mol. The third-order valence-electron chi connectivity index (χ3n) is 6.32. The van der Waals surface area contributed by atoms with Gasteiger partial charge < -0.3 is 4.90 Å². The Hall–Kier alpha value is -1.67. The summed E-state index contributed by atoms with van der Waals surface area (Å²) in [6.07, 6.45) is 3.43. The Morgan fingerprint density at radius 1 is 0.968 bits per heavy atom. The van der Waals surface area contributed by atoms with Crippen molar-refractivity contribution in [2.24, 2.45) is 0 Å². The Bertz CT molecular complexity index is 979. The van der Waals surface area contributed by atoms with Crippen LogP contribution in [0, 0.1) is 5.82 Å². The normalized spacial score (nSPS) is 21.0. The Balaban J connectivity index is 1.27.